The van der Waals surface area contributed by atoms with Gasteiger partial charge in [0.05, 0.1) is 12.1 Å². The van der Waals surface area contributed by atoms with Crippen LogP contribution in [0.3, 0.4) is 0 Å². The maximum Gasteiger partial charge on any atom is 0.194 e. The van der Waals surface area contributed by atoms with E-state index in [4.69, 9.17) is 5.73 Å². The molecule has 2 nitrogen and oxygen atoms in total. The Labute approximate surface area is 110 Å². The topological polar surface area (TPSA) is 46.2 Å². The van der Waals surface area contributed by atoms with Crippen molar-refractivity contribution in [3.05, 3.63) is 35.1 Å². The van der Waals surface area contributed by atoms with Gasteiger partial charge in [-0.05, 0) is 12.0 Å². The van der Waals surface area contributed by atoms with E-state index >= 15 is 0 Å². The molecule has 1 aromatic carbocycles. The molecule has 104 valence electrons. The van der Waals surface area contributed by atoms with E-state index in [-0.39, 0.29) is 23.9 Å². The third-order valence-corrected chi connectivity index (χ3v) is 3.02. The molecule has 6 heteroatoms. The second-order valence-electron chi connectivity index (χ2n) is 4.17. The Morgan fingerprint density at radius 3 is 2.28 bits per heavy atom. The zero-order chi connectivity index (χ0) is 13.2. The van der Waals surface area contributed by atoms with Crippen LogP contribution in [0.25, 0.3) is 0 Å². The number of hydrogen-bond acceptors (Lipinski definition) is 2. The maximum absolute atomic E-state index is 13.4. The minimum Gasteiger partial charge on any atom is -0.391 e. The second kappa shape index (κ2) is 6.97. The monoisotopic (exact) mass is 283 g/mol. The molecule has 0 aliphatic carbocycles. The van der Waals surface area contributed by atoms with E-state index < -0.39 is 29.6 Å². The molecule has 0 aliphatic heterocycles. The van der Waals surface area contributed by atoms with Gasteiger partial charge in [0.2, 0.25) is 0 Å². The van der Waals surface area contributed by atoms with Crippen LogP contribution in [0.2, 0.25) is 0 Å². The third kappa shape index (κ3) is 3.37. The lowest BCUT2D eigenvalue weighted by atomic mass is 9.91. The number of benzene rings is 1. The minimum atomic E-state index is -1.56. The lowest BCUT2D eigenvalue weighted by molar-refractivity contribution is 0.0864. The Morgan fingerprint density at radius 2 is 1.78 bits per heavy atom. The summed E-state index contributed by atoms with van der Waals surface area (Å²) in [6, 6.07) is 0.793. The fourth-order valence-corrected chi connectivity index (χ4v) is 1.58. The van der Waals surface area contributed by atoms with Gasteiger partial charge in [0.1, 0.15) is 0 Å². The molecule has 0 fully saturated rings. The fraction of sp³-hybridized carbons (Fsp3) is 0.500. The Balaban J connectivity index is 0.00000289. The molecule has 1 unspecified atom stereocenters. The van der Waals surface area contributed by atoms with Crippen LogP contribution in [0.4, 0.5) is 13.2 Å². The molecule has 0 bridgehead atoms. The Morgan fingerprint density at radius 1 is 1.22 bits per heavy atom. The molecule has 0 aliphatic rings. The van der Waals surface area contributed by atoms with Crippen molar-refractivity contribution in [2.75, 3.05) is 0 Å². The first-order valence-corrected chi connectivity index (χ1v) is 5.47. The quantitative estimate of drug-likeness (QED) is 0.835. The van der Waals surface area contributed by atoms with E-state index in [1.165, 1.54) is 0 Å². The van der Waals surface area contributed by atoms with Gasteiger partial charge in [-0.3, -0.25) is 0 Å². The number of aliphatic hydroxyl groups is 1. The van der Waals surface area contributed by atoms with Crippen LogP contribution in [0.1, 0.15) is 31.9 Å². The minimum absolute atomic E-state index is 0. The zero-order valence-electron chi connectivity index (χ0n) is 10.2. The lowest BCUT2D eigenvalue weighted by Crippen LogP contribution is -2.32. The molecule has 0 saturated carbocycles. The van der Waals surface area contributed by atoms with Crippen molar-refractivity contribution in [1.82, 2.24) is 0 Å². The first kappa shape index (κ1) is 17.2. The van der Waals surface area contributed by atoms with Crippen LogP contribution in [0, 0.1) is 23.4 Å². The normalized spacial score (nSPS) is 15.7. The Kier molecular flexibility index (Phi) is 6.67. The molecule has 0 saturated heterocycles. The van der Waals surface area contributed by atoms with Gasteiger partial charge in [-0.15, -0.1) is 12.4 Å². The Hall–Kier alpha value is -0.780. The van der Waals surface area contributed by atoms with Crippen molar-refractivity contribution in [3.8, 4) is 0 Å². The van der Waals surface area contributed by atoms with Crippen LogP contribution in [-0.4, -0.2) is 11.2 Å². The summed E-state index contributed by atoms with van der Waals surface area (Å²) in [7, 11) is 0. The molecule has 0 radical (unpaired) electrons. The van der Waals surface area contributed by atoms with Crippen LogP contribution in [0.5, 0.6) is 0 Å². The number of rotatable bonds is 4. The van der Waals surface area contributed by atoms with Gasteiger partial charge in [-0.2, -0.15) is 0 Å². The average molecular weight is 284 g/mol. The maximum atomic E-state index is 13.4. The molecule has 3 atom stereocenters. The summed E-state index contributed by atoms with van der Waals surface area (Å²) in [4.78, 5) is 0. The van der Waals surface area contributed by atoms with Gasteiger partial charge in [-0.25, -0.2) is 13.2 Å². The van der Waals surface area contributed by atoms with Gasteiger partial charge in [0.15, 0.2) is 17.5 Å². The number of aliphatic hydroxyl groups excluding tert-OH is 1. The molecule has 0 spiro atoms. The van der Waals surface area contributed by atoms with Crippen molar-refractivity contribution in [2.24, 2.45) is 11.7 Å². The highest BCUT2D eigenvalue weighted by molar-refractivity contribution is 5.85. The SMILES string of the molecule is CCC(C)[C@H](O)[C@H](N)c1ccc(F)c(F)c1F.Cl. The molecule has 0 aromatic heterocycles. The van der Waals surface area contributed by atoms with E-state index in [0.29, 0.717) is 6.42 Å². The molecule has 0 amide bonds. The lowest BCUT2D eigenvalue weighted by Gasteiger charge is -2.24. The molecule has 18 heavy (non-hydrogen) atoms. The number of nitrogens with two attached hydrogens (primary N) is 1. The van der Waals surface area contributed by atoms with E-state index in [9.17, 15) is 18.3 Å². The molecular formula is C12H17ClF3NO. The highest BCUT2D eigenvalue weighted by atomic mass is 35.5. The molecular weight excluding hydrogens is 267 g/mol. The summed E-state index contributed by atoms with van der Waals surface area (Å²) in [5.74, 6) is -4.32. The van der Waals surface area contributed by atoms with Crippen molar-refractivity contribution in [2.45, 2.75) is 32.4 Å². The van der Waals surface area contributed by atoms with Crippen LogP contribution in [0.15, 0.2) is 12.1 Å². The largest absolute Gasteiger partial charge is 0.391 e. The first-order chi connectivity index (χ1) is 7.90. The Bertz CT molecular complexity index is 403. The van der Waals surface area contributed by atoms with E-state index in [1.54, 1.807) is 6.92 Å². The summed E-state index contributed by atoms with van der Waals surface area (Å²) in [6.45, 7) is 3.60. The standard InChI is InChI=1S/C12H16F3NO.ClH/c1-3-6(2)12(17)11(16)7-4-5-8(13)10(15)9(7)14;/h4-6,11-12,17H,3,16H2,1-2H3;1H/t6?,11-,12+;/m1./s1. The first-order valence-electron chi connectivity index (χ1n) is 5.47. The second-order valence-corrected chi connectivity index (χ2v) is 4.17. The third-order valence-electron chi connectivity index (χ3n) is 3.02. The predicted octanol–water partition coefficient (Wildman–Crippen LogP) is 2.93. The van der Waals surface area contributed by atoms with Crippen LogP contribution < -0.4 is 5.73 Å². The summed E-state index contributed by atoms with van der Waals surface area (Å²) in [5, 5.41) is 9.82. The fourth-order valence-electron chi connectivity index (χ4n) is 1.58. The molecule has 0 heterocycles. The van der Waals surface area contributed by atoms with Gasteiger partial charge in [0, 0.05) is 5.56 Å². The van der Waals surface area contributed by atoms with Crippen molar-refractivity contribution < 1.29 is 18.3 Å². The van der Waals surface area contributed by atoms with Crippen molar-refractivity contribution in [3.63, 3.8) is 0 Å². The highest BCUT2D eigenvalue weighted by Crippen LogP contribution is 2.25. The zero-order valence-corrected chi connectivity index (χ0v) is 11.0. The van der Waals surface area contributed by atoms with Crippen LogP contribution in [-0.2, 0) is 0 Å². The van der Waals surface area contributed by atoms with Crippen molar-refractivity contribution >= 4 is 12.4 Å². The van der Waals surface area contributed by atoms with Gasteiger partial charge >= 0.3 is 0 Å². The van der Waals surface area contributed by atoms with E-state index in [1.807, 2.05) is 6.92 Å². The molecule has 3 N–H and O–H groups in total. The predicted molar refractivity (Wildman–Crippen MR) is 66.0 cm³/mol. The van der Waals surface area contributed by atoms with E-state index in [0.717, 1.165) is 12.1 Å². The number of halogens is 4. The van der Waals surface area contributed by atoms with Gasteiger partial charge in [0.25, 0.3) is 0 Å². The van der Waals surface area contributed by atoms with E-state index in [2.05, 4.69) is 0 Å². The summed E-state index contributed by atoms with van der Waals surface area (Å²) < 4.78 is 39.2. The van der Waals surface area contributed by atoms with Gasteiger partial charge < -0.3 is 10.8 Å². The smallest absolute Gasteiger partial charge is 0.194 e. The molecule has 1 aromatic rings. The summed E-state index contributed by atoms with van der Waals surface area (Å²) in [5.41, 5.74) is 5.44. The molecule has 1 rings (SSSR count). The number of hydrogen-bond donors (Lipinski definition) is 2. The average Bonchev–Trinajstić information content (AvgIpc) is 2.33. The van der Waals surface area contributed by atoms with Gasteiger partial charge in [-0.1, -0.05) is 26.3 Å². The highest BCUT2D eigenvalue weighted by Gasteiger charge is 2.26. The summed E-state index contributed by atoms with van der Waals surface area (Å²) >= 11 is 0. The summed E-state index contributed by atoms with van der Waals surface area (Å²) in [6.07, 6.45) is -0.348. The van der Waals surface area contributed by atoms with Crippen molar-refractivity contribution in [1.29, 1.82) is 0 Å². The van der Waals surface area contributed by atoms with Crippen LogP contribution >= 0.6 is 12.4 Å².